The first kappa shape index (κ1) is 14.8. The molecule has 116 valence electrons. The van der Waals surface area contributed by atoms with E-state index in [1.54, 1.807) is 0 Å². The molecule has 0 spiro atoms. The summed E-state index contributed by atoms with van der Waals surface area (Å²) in [6.45, 7) is 6.56. The van der Waals surface area contributed by atoms with Gasteiger partial charge in [-0.3, -0.25) is 9.48 Å². The van der Waals surface area contributed by atoms with E-state index < -0.39 is 0 Å². The van der Waals surface area contributed by atoms with Gasteiger partial charge < -0.3 is 4.90 Å². The molecule has 3 rings (SSSR count). The van der Waals surface area contributed by atoms with Gasteiger partial charge in [0.25, 0.3) is 0 Å². The lowest BCUT2D eigenvalue weighted by Crippen LogP contribution is -2.48. The molecular formula is C18H23N3O. The summed E-state index contributed by atoms with van der Waals surface area (Å²) in [7, 11) is 0. The van der Waals surface area contributed by atoms with Crippen LogP contribution in [0.1, 0.15) is 30.9 Å². The number of carbonyl (C=O) groups is 1. The SMILES string of the molecule is Cc1cnn(CCN2CC(C)(c3ccccc3)CCC2=O)c1. The number of likely N-dealkylation sites (tertiary alicyclic amines) is 1. The molecule has 1 fully saturated rings. The zero-order valence-corrected chi connectivity index (χ0v) is 13.3. The van der Waals surface area contributed by atoms with Crippen LogP contribution in [0.3, 0.4) is 0 Å². The summed E-state index contributed by atoms with van der Waals surface area (Å²) in [5, 5.41) is 4.30. The Balaban J connectivity index is 1.69. The Kier molecular flexibility index (Phi) is 4.01. The first-order valence-corrected chi connectivity index (χ1v) is 7.89. The Morgan fingerprint density at radius 3 is 2.68 bits per heavy atom. The number of carbonyl (C=O) groups excluding carboxylic acids is 1. The first-order valence-electron chi connectivity index (χ1n) is 7.89. The average Bonchev–Trinajstić information content (AvgIpc) is 2.95. The Bertz CT molecular complexity index is 649. The molecule has 1 aliphatic heterocycles. The fourth-order valence-electron chi connectivity index (χ4n) is 3.22. The molecule has 0 N–H and O–H groups in total. The van der Waals surface area contributed by atoms with Crippen LogP contribution < -0.4 is 0 Å². The second-order valence-electron chi connectivity index (χ2n) is 6.52. The van der Waals surface area contributed by atoms with Crippen molar-refractivity contribution < 1.29 is 4.79 Å². The van der Waals surface area contributed by atoms with Crippen LogP contribution in [0.25, 0.3) is 0 Å². The average molecular weight is 297 g/mol. The molecule has 1 aliphatic rings. The number of aryl methyl sites for hydroxylation is 1. The standard InChI is InChI=1S/C18H23N3O/c1-15-12-19-21(13-15)11-10-20-14-18(2,9-8-17(20)22)16-6-4-3-5-7-16/h3-7,12-13H,8-11,14H2,1-2H3. The van der Waals surface area contributed by atoms with E-state index in [9.17, 15) is 4.79 Å². The van der Waals surface area contributed by atoms with E-state index in [1.165, 1.54) is 5.56 Å². The van der Waals surface area contributed by atoms with E-state index >= 15 is 0 Å². The highest BCUT2D eigenvalue weighted by Gasteiger charge is 2.35. The summed E-state index contributed by atoms with van der Waals surface area (Å²) in [6.07, 6.45) is 5.42. The Hall–Kier alpha value is -2.10. The van der Waals surface area contributed by atoms with Crippen molar-refractivity contribution in [1.82, 2.24) is 14.7 Å². The maximum atomic E-state index is 12.2. The van der Waals surface area contributed by atoms with E-state index in [-0.39, 0.29) is 11.3 Å². The number of nitrogens with zero attached hydrogens (tertiary/aromatic N) is 3. The zero-order valence-electron chi connectivity index (χ0n) is 13.3. The molecule has 22 heavy (non-hydrogen) atoms. The molecule has 1 unspecified atom stereocenters. The van der Waals surface area contributed by atoms with Crippen LogP contribution in [-0.4, -0.2) is 33.7 Å². The Morgan fingerprint density at radius 2 is 2.00 bits per heavy atom. The lowest BCUT2D eigenvalue weighted by molar-refractivity contribution is -0.135. The van der Waals surface area contributed by atoms with Crippen molar-refractivity contribution in [2.75, 3.05) is 13.1 Å². The largest absolute Gasteiger partial charge is 0.340 e. The second-order valence-corrected chi connectivity index (χ2v) is 6.52. The van der Waals surface area contributed by atoms with Crippen molar-refractivity contribution in [3.63, 3.8) is 0 Å². The van der Waals surface area contributed by atoms with Crippen LogP contribution in [-0.2, 0) is 16.8 Å². The van der Waals surface area contributed by atoms with Gasteiger partial charge in [-0.15, -0.1) is 0 Å². The number of hydrogen-bond acceptors (Lipinski definition) is 2. The van der Waals surface area contributed by atoms with Gasteiger partial charge in [-0.05, 0) is 24.5 Å². The van der Waals surface area contributed by atoms with Crippen LogP contribution >= 0.6 is 0 Å². The summed E-state index contributed by atoms with van der Waals surface area (Å²) >= 11 is 0. The van der Waals surface area contributed by atoms with Crippen molar-refractivity contribution >= 4 is 5.91 Å². The maximum absolute atomic E-state index is 12.2. The molecule has 2 heterocycles. The van der Waals surface area contributed by atoms with Crippen LogP contribution in [0.5, 0.6) is 0 Å². The van der Waals surface area contributed by atoms with Gasteiger partial charge in [-0.25, -0.2) is 0 Å². The fraction of sp³-hybridized carbons (Fsp3) is 0.444. The maximum Gasteiger partial charge on any atom is 0.222 e. The summed E-state index contributed by atoms with van der Waals surface area (Å²) in [6, 6.07) is 10.5. The third-order valence-corrected chi connectivity index (χ3v) is 4.62. The highest BCUT2D eigenvalue weighted by molar-refractivity contribution is 5.77. The van der Waals surface area contributed by atoms with Gasteiger partial charge in [0, 0.05) is 31.1 Å². The molecule has 4 nitrogen and oxygen atoms in total. The van der Waals surface area contributed by atoms with E-state index in [1.807, 2.05) is 35.0 Å². The molecule has 1 aromatic carbocycles. The number of amides is 1. The molecule has 0 radical (unpaired) electrons. The number of rotatable bonds is 4. The van der Waals surface area contributed by atoms with Crippen molar-refractivity contribution in [3.8, 4) is 0 Å². The first-order chi connectivity index (χ1) is 10.6. The van der Waals surface area contributed by atoms with Gasteiger partial charge in [0.15, 0.2) is 0 Å². The van der Waals surface area contributed by atoms with Gasteiger partial charge in [-0.2, -0.15) is 5.10 Å². The van der Waals surface area contributed by atoms with Crippen LogP contribution in [0.15, 0.2) is 42.7 Å². The fourth-order valence-corrected chi connectivity index (χ4v) is 3.22. The van der Waals surface area contributed by atoms with Gasteiger partial charge >= 0.3 is 0 Å². The molecule has 1 amide bonds. The Labute approximate surface area is 131 Å². The number of aromatic nitrogens is 2. The van der Waals surface area contributed by atoms with Gasteiger partial charge in [0.2, 0.25) is 5.91 Å². The molecule has 4 heteroatoms. The van der Waals surface area contributed by atoms with Crippen molar-refractivity contribution in [2.24, 2.45) is 0 Å². The lowest BCUT2D eigenvalue weighted by Gasteiger charge is -2.40. The van der Waals surface area contributed by atoms with Crippen molar-refractivity contribution in [3.05, 3.63) is 53.9 Å². The normalized spacial score (nSPS) is 22.1. The minimum atomic E-state index is 0.0508. The molecule has 0 aliphatic carbocycles. The smallest absolute Gasteiger partial charge is 0.222 e. The second kappa shape index (κ2) is 5.95. The molecular weight excluding hydrogens is 274 g/mol. The van der Waals surface area contributed by atoms with Crippen molar-refractivity contribution in [2.45, 2.75) is 38.6 Å². The van der Waals surface area contributed by atoms with Crippen LogP contribution in [0.4, 0.5) is 0 Å². The van der Waals surface area contributed by atoms with Gasteiger partial charge in [0.05, 0.1) is 12.7 Å². The topological polar surface area (TPSA) is 38.1 Å². The highest BCUT2D eigenvalue weighted by atomic mass is 16.2. The summed E-state index contributed by atoms with van der Waals surface area (Å²) in [5.74, 6) is 0.261. The predicted molar refractivity (Wildman–Crippen MR) is 86.6 cm³/mol. The minimum absolute atomic E-state index is 0.0508. The number of benzene rings is 1. The zero-order chi connectivity index (χ0) is 15.6. The van der Waals surface area contributed by atoms with Crippen LogP contribution in [0.2, 0.25) is 0 Å². The van der Waals surface area contributed by atoms with Gasteiger partial charge in [-0.1, -0.05) is 37.3 Å². The molecule has 2 aromatic rings. The summed E-state index contributed by atoms with van der Waals surface area (Å²) in [5.41, 5.74) is 2.52. The summed E-state index contributed by atoms with van der Waals surface area (Å²) < 4.78 is 1.91. The highest BCUT2D eigenvalue weighted by Crippen LogP contribution is 2.33. The third kappa shape index (κ3) is 3.06. The van der Waals surface area contributed by atoms with E-state index in [2.05, 4.69) is 36.3 Å². The van der Waals surface area contributed by atoms with E-state index in [4.69, 9.17) is 0 Å². The van der Waals surface area contributed by atoms with Gasteiger partial charge in [0.1, 0.15) is 0 Å². The number of hydrogen-bond donors (Lipinski definition) is 0. The lowest BCUT2D eigenvalue weighted by atomic mass is 9.76. The quantitative estimate of drug-likeness (QED) is 0.870. The van der Waals surface area contributed by atoms with E-state index in [0.717, 1.165) is 31.6 Å². The minimum Gasteiger partial charge on any atom is -0.340 e. The molecule has 1 saturated heterocycles. The van der Waals surface area contributed by atoms with E-state index in [0.29, 0.717) is 6.42 Å². The molecule has 0 bridgehead atoms. The van der Waals surface area contributed by atoms with Crippen LogP contribution in [0, 0.1) is 6.92 Å². The predicted octanol–water partition coefficient (Wildman–Crippen LogP) is 2.77. The molecule has 1 atom stereocenters. The number of piperidine rings is 1. The molecule has 1 aromatic heterocycles. The van der Waals surface area contributed by atoms with Crippen molar-refractivity contribution in [1.29, 1.82) is 0 Å². The summed E-state index contributed by atoms with van der Waals surface area (Å²) in [4.78, 5) is 14.2. The monoisotopic (exact) mass is 297 g/mol. The third-order valence-electron chi connectivity index (χ3n) is 4.62. The molecule has 0 saturated carbocycles. The Morgan fingerprint density at radius 1 is 1.23 bits per heavy atom.